The lowest BCUT2D eigenvalue weighted by Crippen LogP contribution is -2.26. The molecule has 4 rings (SSSR count). The molecular formula is C20H19N5. The lowest BCUT2D eigenvalue weighted by atomic mass is 10.0. The number of nitrogens with zero attached hydrogens (tertiary/aromatic N) is 3. The second-order valence-electron chi connectivity index (χ2n) is 5.77. The molecule has 0 spiro atoms. The summed E-state index contributed by atoms with van der Waals surface area (Å²) in [5.41, 5.74) is 4.64. The summed E-state index contributed by atoms with van der Waals surface area (Å²) in [7, 11) is 0. The van der Waals surface area contributed by atoms with E-state index in [1.807, 2.05) is 36.4 Å². The van der Waals surface area contributed by atoms with Gasteiger partial charge in [-0.05, 0) is 6.54 Å². The standard InChI is InChI=1S/C20H19N5/c1-2-21-19-18-20(23-13-22-19)25-17(15-11-7-4-8-12-15)16(24-18)14-9-5-3-6-10-14/h3-13,19,21H,2H2,1H3,(H,22,23,25). The Morgan fingerprint density at radius 2 is 1.48 bits per heavy atom. The molecule has 2 heterocycles. The number of hydrogen-bond donors (Lipinski definition) is 2. The van der Waals surface area contributed by atoms with Crippen molar-refractivity contribution in [3.63, 3.8) is 0 Å². The van der Waals surface area contributed by atoms with Gasteiger partial charge in [0.05, 0.1) is 17.7 Å². The third-order valence-corrected chi connectivity index (χ3v) is 4.10. The summed E-state index contributed by atoms with van der Waals surface area (Å²) in [6.07, 6.45) is 1.50. The van der Waals surface area contributed by atoms with Gasteiger partial charge in [-0.3, -0.25) is 5.32 Å². The van der Waals surface area contributed by atoms with Gasteiger partial charge in [-0.1, -0.05) is 67.6 Å². The van der Waals surface area contributed by atoms with E-state index in [1.165, 1.54) is 0 Å². The molecule has 1 aliphatic heterocycles. The number of anilines is 1. The Balaban J connectivity index is 1.92. The molecule has 25 heavy (non-hydrogen) atoms. The molecule has 0 radical (unpaired) electrons. The maximum atomic E-state index is 4.96. The smallest absolute Gasteiger partial charge is 0.157 e. The summed E-state index contributed by atoms with van der Waals surface area (Å²) in [5.74, 6) is 0.750. The maximum absolute atomic E-state index is 4.96. The van der Waals surface area contributed by atoms with Crippen LogP contribution in [0.5, 0.6) is 0 Å². The Morgan fingerprint density at radius 1 is 0.880 bits per heavy atom. The van der Waals surface area contributed by atoms with Crippen LogP contribution in [0.3, 0.4) is 0 Å². The lowest BCUT2D eigenvalue weighted by molar-refractivity contribution is 0.560. The van der Waals surface area contributed by atoms with E-state index in [1.54, 1.807) is 6.34 Å². The van der Waals surface area contributed by atoms with Gasteiger partial charge in [0, 0.05) is 11.1 Å². The first-order valence-electron chi connectivity index (χ1n) is 8.41. The molecule has 1 aliphatic rings. The maximum Gasteiger partial charge on any atom is 0.157 e. The molecule has 1 unspecified atom stereocenters. The molecule has 1 aromatic heterocycles. The number of benzene rings is 2. The quantitative estimate of drug-likeness (QED) is 0.763. The molecule has 0 fully saturated rings. The Bertz CT molecular complexity index is 891. The highest BCUT2D eigenvalue weighted by atomic mass is 15.2. The van der Waals surface area contributed by atoms with Crippen LogP contribution < -0.4 is 10.6 Å². The minimum absolute atomic E-state index is 0.180. The largest absolute Gasteiger partial charge is 0.330 e. The van der Waals surface area contributed by atoms with E-state index < -0.39 is 0 Å². The molecule has 0 bridgehead atoms. The molecule has 124 valence electrons. The Morgan fingerprint density at radius 3 is 2.08 bits per heavy atom. The van der Waals surface area contributed by atoms with E-state index in [9.17, 15) is 0 Å². The summed E-state index contributed by atoms with van der Waals surface area (Å²) < 4.78 is 0. The average molecular weight is 329 g/mol. The Labute approximate surface area is 146 Å². The van der Waals surface area contributed by atoms with Gasteiger partial charge in [0.1, 0.15) is 11.9 Å². The van der Waals surface area contributed by atoms with Gasteiger partial charge in [-0.2, -0.15) is 0 Å². The molecule has 3 aromatic rings. The van der Waals surface area contributed by atoms with Crippen LogP contribution in [0.15, 0.2) is 65.7 Å². The third kappa shape index (κ3) is 3.02. The monoisotopic (exact) mass is 329 g/mol. The molecule has 5 nitrogen and oxygen atoms in total. The fraction of sp³-hybridized carbons (Fsp3) is 0.150. The fourth-order valence-electron chi connectivity index (χ4n) is 2.93. The summed E-state index contributed by atoms with van der Waals surface area (Å²) in [5, 5.41) is 6.47. The van der Waals surface area contributed by atoms with Gasteiger partial charge in [-0.25, -0.2) is 15.0 Å². The van der Waals surface area contributed by atoms with Crippen molar-refractivity contribution >= 4 is 12.2 Å². The van der Waals surface area contributed by atoms with Crippen molar-refractivity contribution in [2.45, 2.75) is 13.1 Å². The molecule has 0 amide bonds. The molecule has 0 saturated heterocycles. The zero-order valence-electron chi connectivity index (χ0n) is 14.0. The van der Waals surface area contributed by atoms with Crippen molar-refractivity contribution in [2.75, 3.05) is 11.9 Å². The van der Waals surface area contributed by atoms with Gasteiger partial charge in [-0.15, -0.1) is 0 Å². The predicted octanol–water partition coefficient (Wildman–Crippen LogP) is 3.87. The SMILES string of the molecule is CCNC1N=CNc2nc(-c3ccccc3)c(-c3ccccc3)nc21. The van der Waals surface area contributed by atoms with Crippen LogP contribution >= 0.6 is 0 Å². The van der Waals surface area contributed by atoms with Gasteiger partial charge < -0.3 is 5.32 Å². The molecule has 5 heteroatoms. The molecule has 0 saturated carbocycles. The normalized spacial score (nSPS) is 15.5. The van der Waals surface area contributed by atoms with Crippen LogP contribution in [0.1, 0.15) is 18.8 Å². The first-order chi connectivity index (χ1) is 12.4. The highest BCUT2D eigenvalue weighted by molar-refractivity contribution is 5.83. The first kappa shape index (κ1) is 15.5. The zero-order valence-corrected chi connectivity index (χ0v) is 14.0. The number of rotatable bonds is 4. The van der Waals surface area contributed by atoms with Crippen LogP contribution in [0.2, 0.25) is 0 Å². The van der Waals surface area contributed by atoms with Crippen LogP contribution in [0.4, 0.5) is 5.82 Å². The van der Waals surface area contributed by atoms with Crippen LogP contribution in [-0.2, 0) is 0 Å². The summed E-state index contributed by atoms with van der Waals surface area (Å²) in [6.45, 7) is 2.87. The number of aliphatic imine (C=N–C) groups is 1. The predicted molar refractivity (Wildman–Crippen MR) is 101 cm³/mol. The molecule has 1 atom stereocenters. The van der Waals surface area contributed by atoms with Gasteiger partial charge in [0.15, 0.2) is 5.82 Å². The van der Waals surface area contributed by atoms with Crippen LogP contribution in [0.25, 0.3) is 22.5 Å². The van der Waals surface area contributed by atoms with Crippen molar-refractivity contribution in [2.24, 2.45) is 4.99 Å². The van der Waals surface area contributed by atoms with Crippen LogP contribution in [-0.4, -0.2) is 22.9 Å². The topological polar surface area (TPSA) is 62.2 Å². The fourth-order valence-corrected chi connectivity index (χ4v) is 2.93. The number of nitrogens with one attached hydrogen (secondary N) is 2. The van der Waals surface area contributed by atoms with E-state index in [4.69, 9.17) is 9.97 Å². The van der Waals surface area contributed by atoms with Crippen molar-refractivity contribution in [1.29, 1.82) is 0 Å². The minimum Gasteiger partial charge on any atom is -0.330 e. The van der Waals surface area contributed by atoms with Gasteiger partial charge in [0.2, 0.25) is 0 Å². The highest BCUT2D eigenvalue weighted by Gasteiger charge is 2.23. The van der Waals surface area contributed by atoms with E-state index in [2.05, 4.69) is 46.8 Å². The van der Waals surface area contributed by atoms with Crippen molar-refractivity contribution in [1.82, 2.24) is 15.3 Å². The Hall–Kier alpha value is -3.05. The van der Waals surface area contributed by atoms with E-state index in [0.29, 0.717) is 0 Å². The molecule has 2 N–H and O–H groups in total. The van der Waals surface area contributed by atoms with Gasteiger partial charge >= 0.3 is 0 Å². The van der Waals surface area contributed by atoms with Crippen molar-refractivity contribution < 1.29 is 0 Å². The van der Waals surface area contributed by atoms with E-state index in [0.717, 1.165) is 40.6 Å². The lowest BCUT2D eigenvalue weighted by Gasteiger charge is -2.22. The van der Waals surface area contributed by atoms with Crippen molar-refractivity contribution in [3.8, 4) is 22.5 Å². The van der Waals surface area contributed by atoms with Gasteiger partial charge in [0.25, 0.3) is 0 Å². The minimum atomic E-state index is -0.180. The molecule has 2 aromatic carbocycles. The van der Waals surface area contributed by atoms with E-state index >= 15 is 0 Å². The van der Waals surface area contributed by atoms with E-state index in [-0.39, 0.29) is 6.17 Å². The first-order valence-corrected chi connectivity index (χ1v) is 8.41. The number of hydrogen-bond acceptors (Lipinski definition) is 5. The highest BCUT2D eigenvalue weighted by Crippen LogP contribution is 2.34. The summed E-state index contributed by atoms with van der Waals surface area (Å²) >= 11 is 0. The number of aromatic nitrogens is 2. The third-order valence-electron chi connectivity index (χ3n) is 4.10. The summed E-state index contributed by atoms with van der Waals surface area (Å²) in [6, 6.07) is 20.3. The number of fused-ring (bicyclic) bond motifs is 1. The van der Waals surface area contributed by atoms with Crippen molar-refractivity contribution in [3.05, 3.63) is 66.4 Å². The molecular weight excluding hydrogens is 310 g/mol. The summed E-state index contributed by atoms with van der Waals surface area (Å²) in [4.78, 5) is 14.3. The second-order valence-corrected chi connectivity index (χ2v) is 5.77. The average Bonchev–Trinajstić information content (AvgIpc) is 2.69. The second kappa shape index (κ2) is 6.83. The zero-order chi connectivity index (χ0) is 17.1. The Kier molecular flexibility index (Phi) is 4.23. The molecule has 0 aliphatic carbocycles. The van der Waals surface area contributed by atoms with Crippen LogP contribution in [0, 0.1) is 0 Å².